The Hall–Kier alpha value is -1.37. The molecule has 2 rings (SSSR count). The Morgan fingerprint density at radius 3 is 2.94 bits per heavy atom. The van der Waals surface area contributed by atoms with Crippen LogP contribution < -0.4 is 5.32 Å². The maximum atomic E-state index is 8.84. The van der Waals surface area contributed by atoms with Crippen molar-refractivity contribution in [3.05, 3.63) is 34.9 Å². The molecule has 1 saturated heterocycles. The third kappa shape index (κ3) is 2.85. The molecule has 0 bridgehead atoms. The quantitative estimate of drug-likeness (QED) is 0.856. The summed E-state index contributed by atoms with van der Waals surface area (Å²) in [6, 6.07) is 8.78. The van der Waals surface area contributed by atoms with Gasteiger partial charge in [0.25, 0.3) is 0 Å². The Labute approximate surface area is 103 Å². The van der Waals surface area contributed by atoms with Gasteiger partial charge in [0.15, 0.2) is 0 Å². The summed E-state index contributed by atoms with van der Waals surface area (Å²) in [4.78, 5) is 2.47. The Morgan fingerprint density at radius 2 is 2.35 bits per heavy atom. The second kappa shape index (κ2) is 5.31. The molecular formula is C14H19N3. The second-order valence-corrected chi connectivity index (χ2v) is 4.76. The van der Waals surface area contributed by atoms with Crippen LogP contribution in [0.3, 0.4) is 0 Å². The van der Waals surface area contributed by atoms with Crippen molar-refractivity contribution in [2.24, 2.45) is 0 Å². The number of hydrogen-bond acceptors (Lipinski definition) is 3. The Morgan fingerprint density at radius 1 is 1.53 bits per heavy atom. The molecule has 1 aliphatic heterocycles. The number of rotatable bonds is 3. The first kappa shape index (κ1) is 12.1. The van der Waals surface area contributed by atoms with E-state index in [4.69, 9.17) is 5.26 Å². The fraction of sp³-hybridized carbons (Fsp3) is 0.500. The fourth-order valence-electron chi connectivity index (χ4n) is 2.40. The number of benzene rings is 1. The molecule has 0 saturated carbocycles. The second-order valence-electron chi connectivity index (χ2n) is 4.76. The zero-order chi connectivity index (χ0) is 12.3. The molecule has 0 amide bonds. The van der Waals surface area contributed by atoms with Crippen LogP contribution in [0.4, 0.5) is 0 Å². The summed E-state index contributed by atoms with van der Waals surface area (Å²) in [6.45, 7) is 5.36. The highest BCUT2D eigenvalue weighted by Gasteiger charge is 2.20. The predicted molar refractivity (Wildman–Crippen MR) is 68.6 cm³/mol. The Bertz CT molecular complexity index is 434. The van der Waals surface area contributed by atoms with Crippen LogP contribution in [0.25, 0.3) is 0 Å². The summed E-state index contributed by atoms with van der Waals surface area (Å²) in [5.41, 5.74) is 3.30. The van der Waals surface area contributed by atoms with Gasteiger partial charge in [-0.3, -0.25) is 4.90 Å². The van der Waals surface area contributed by atoms with E-state index in [0.29, 0.717) is 6.04 Å². The van der Waals surface area contributed by atoms with Crippen LogP contribution in [-0.4, -0.2) is 31.1 Å². The lowest BCUT2D eigenvalue weighted by molar-refractivity contribution is 0.322. The van der Waals surface area contributed by atoms with E-state index in [1.807, 2.05) is 19.2 Å². The maximum absolute atomic E-state index is 8.84. The molecule has 0 spiro atoms. The minimum absolute atomic E-state index is 0.633. The SMILES string of the molecule is CNC1CCN(Cc2ccc(C#N)cc2C)C1. The molecule has 1 aromatic rings. The van der Waals surface area contributed by atoms with Gasteiger partial charge >= 0.3 is 0 Å². The number of likely N-dealkylation sites (tertiary alicyclic amines) is 1. The van der Waals surface area contributed by atoms with E-state index >= 15 is 0 Å². The summed E-state index contributed by atoms with van der Waals surface area (Å²) >= 11 is 0. The van der Waals surface area contributed by atoms with E-state index in [0.717, 1.165) is 25.2 Å². The largest absolute Gasteiger partial charge is 0.316 e. The van der Waals surface area contributed by atoms with E-state index in [2.05, 4.69) is 29.3 Å². The van der Waals surface area contributed by atoms with Gasteiger partial charge in [-0.1, -0.05) is 6.07 Å². The van der Waals surface area contributed by atoms with Crippen molar-refractivity contribution in [3.8, 4) is 6.07 Å². The van der Waals surface area contributed by atoms with Crippen molar-refractivity contribution in [2.45, 2.75) is 25.9 Å². The van der Waals surface area contributed by atoms with Gasteiger partial charge in [-0.25, -0.2) is 0 Å². The highest BCUT2D eigenvalue weighted by molar-refractivity contribution is 5.37. The molecule has 1 aliphatic rings. The van der Waals surface area contributed by atoms with Crippen LogP contribution in [0.1, 0.15) is 23.1 Å². The zero-order valence-electron chi connectivity index (χ0n) is 10.5. The minimum atomic E-state index is 0.633. The first-order valence-corrected chi connectivity index (χ1v) is 6.12. The number of hydrogen-bond donors (Lipinski definition) is 1. The molecule has 17 heavy (non-hydrogen) atoms. The first-order chi connectivity index (χ1) is 8.22. The molecule has 1 atom stereocenters. The topological polar surface area (TPSA) is 39.1 Å². The molecule has 1 N–H and O–H groups in total. The van der Waals surface area contributed by atoms with Crippen molar-refractivity contribution in [1.82, 2.24) is 10.2 Å². The van der Waals surface area contributed by atoms with Gasteiger partial charge < -0.3 is 5.32 Å². The highest BCUT2D eigenvalue weighted by Crippen LogP contribution is 2.17. The van der Waals surface area contributed by atoms with Gasteiger partial charge in [0.2, 0.25) is 0 Å². The van der Waals surface area contributed by atoms with Crippen LogP contribution >= 0.6 is 0 Å². The summed E-state index contributed by atoms with van der Waals surface area (Å²) in [7, 11) is 2.03. The van der Waals surface area contributed by atoms with Crippen LogP contribution in [0.5, 0.6) is 0 Å². The molecule has 3 heteroatoms. The van der Waals surface area contributed by atoms with Gasteiger partial charge in [-0.05, 0) is 43.7 Å². The summed E-state index contributed by atoms with van der Waals surface area (Å²) < 4.78 is 0. The molecule has 0 radical (unpaired) electrons. The zero-order valence-corrected chi connectivity index (χ0v) is 10.5. The number of nitriles is 1. The normalized spacial score (nSPS) is 20.4. The van der Waals surface area contributed by atoms with E-state index in [1.165, 1.54) is 17.5 Å². The Balaban J connectivity index is 2.02. The fourth-order valence-corrected chi connectivity index (χ4v) is 2.40. The number of likely N-dealkylation sites (N-methyl/N-ethyl adjacent to an activating group) is 1. The molecule has 1 unspecified atom stereocenters. The lowest BCUT2D eigenvalue weighted by Gasteiger charge is -2.17. The van der Waals surface area contributed by atoms with Gasteiger partial charge in [0.1, 0.15) is 0 Å². The minimum Gasteiger partial charge on any atom is -0.316 e. The van der Waals surface area contributed by atoms with Gasteiger partial charge in [-0.2, -0.15) is 5.26 Å². The molecule has 1 heterocycles. The van der Waals surface area contributed by atoms with Crippen molar-refractivity contribution < 1.29 is 0 Å². The number of nitrogens with one attached hydrogen (secondary N) is 1. The van der Waals surface area contributed by atoms with E-state index in [9.17, 15) is 0 Å². The molecule has 1 aromatic carbocycles. The van der Waals surface area contributed by atoms with Crippen LogP contribution in [-0.2, 0) is 6.54 Å². The summed E-state index contributed by atoms with van der Waals surface area (Å²) in [6.07, 6.45) is 1.23. The van der Waals surface area contributed by atoms with Gasteiger partial charge in [0, 0.05) is 25.7 Å². The Kier molecular flexibility index (Phi) is 3.78. The standard InChI is InChI=1S/C14H19N3/c1-11-7-12(8-15)3-4-13(11)9-17-6-5-14(10-17)16-2/h3-4,7,14,16H,5-6,9-10H2,1-2H3. The van der Waals surface area contributed by atoms with Crippen LogP contribution in [0.2, 0.25) is 0 Å². The molecule has 3 nitrogen and oxygen atoms in total. The van der Waals surface area contributed by atoms with Crippen molar-refractivity contribution in [3.63, 3.8) is 0 Å². The lowest BCUT2D eigenvalue weighted by Crippen LogP contribution is -2.29. The molecular weight excluding hydrogens is 210 g/mol. The molecule has 1 fully saturated rings. The first-order valence-electron chi connectivity index (χ1n) is 6.12. The van der Waals surface area contributed by atoms with E-state index < -0.39 is 0 Å². The van der Waals surface area contributed by atoms with Crippen molar-refractivity contribution in [1.29, 1.82) is 5.26 Å². The molecule has 0 aliphatic carbocycles. The maximum Gasteiger partial charge on any atom is 0.0991 e. The van der Waals surface area contributed by atoms with Crippen LogP contribution in [0.15, 0.2) is 18.2 Å². The average molecular weight is 229 g/mol. The predicted octanol–water partition coefficient (Wildman–Crippen LogP) is 1.66. The third-order valence-electron chi connectivity index (χ3n) is 3.55. The monoisotopic (exact) mass is 229 g/mol. The summed E-state index contributed by atoms with van der Waals surface area (Å²) in [5, 5.41) is 12.2. The summed E-state index contributed by atoms with van der Waals surface area (Å²) in [5.74, 6) is 0. The van der Waals surface area contributed by atoms with E-state index in [-0.39, 0.29) is 0 Å². The molecule has 0 aromatic heterocycles. The van der Waals surface area contributed by atoms with Crippen molar-refractivity contribution >= 4 is 0 Å². The van der Waals surface area contributed by atoms with Crippen molar-refractivity contribution in [2.75, 3.05) is 20.1 Å². The third-order valence-corrected chi connectivity index (χ3v) is 3.55. The van der Waals surface area contributed by atoms with Gasteiger partial charge in [0.05, 0.1) is 11.6 Å². The number of aryl methyl sites for hydroxylation is 1. The highest BCUT2D eigenvalue weighted by atomic mass is 15.2. The lowest BCUT2D eigenvalue weighted by atomic mass is 10.1. The van der Waals surface area contributed by atoms with Gasteiger partial charge in [-0.15, -0.1) is 0 Å². The average Bonchev–Trinajstić information content (AvgIpc) is 2.79. The number of nitrogens with zero attached hydrogens (tertiary/aromatic N) is 2. The smallest absolute Gasteiger partial charge is 0.0991 e. The van der Waals surface area contributed by atoms with E-state index in [1.54, 1.807) is 0 Å². The molecule has 90 valence electrons. The van der Waals surface area contributed by atoms with Crippen LogP contribution in [0, 0.1) is 18.3 Å².